The van der Waals surface area contributed by atoms with Crippen molar-refractivity contribution in [1.29, 1.82) is 0 Å². The molecule has 5 nitrogen and oxygen atoms in total. The average molecular weight is 285 g/mol. The van der Waals surface area contributed by atoms with Crippen molar-refractivity contribution in [2.24, 2.45) is 0 Å². The number of hydrogen-bond acceptors (Lipinski definition) is 4. The molecule has 1 heterocycles. The van der Waals surface area contributed by atoms with Crippen LogP contribution in [0.4, 0.5) is 11.5 Å². The number of rotatable bonds is 5. The third-order valence-corrected chi connectivity index (χ3v) is 3.51. The molecule has 0 saturated carbocycles. The van der Waals surface area contributed by atoms with Crippen LogP contribution < -0.4 is 5.32 Å². The van der Waals surface area contributed by atoms with Crippen molar-refractivity contribution in [3.8, 4) is 0 Å². The van der Waals surface area contributed by atoms with Gasteiger partial charge < -0.3 is 5.32 Å². The molecular weight excluding hydrogens is 266 g/mol. The predicted molar refractivity (Wildman–Crippen MR) is 83.5 cm³/mol. The van der Waals surface area contributed by atoms with Crippen LogP contribution in [0, 0.1) is 17.0 Å². The molecule has 110 valence electrons. The molecule has 2 rings (SSSR count). The van der Waals surface area contributed by atoms with Gasteiger partial charge in [0, 0.05) is 12.1 Å². The Morgan fingerprint density at radius 1 is 1.24 bits per heavy atom. The first kappa shape index (κ1) is 15.0. The first-order valence-corrected chi connectivity index (χ1v) is 6.98. The average Bonchev–Trinajstić information content (AvgIpc) is 2.47. The smallest absolute Gasteiger partial charge is 0.290 e. The van der Waals surface area contributed by atoms with E-state index in [0.29, 0.717) is 11.5 Å². The zero-order valence-corrected chi connectivity index (χ0v) is 12.5. The number of nitrogens with one attached hydrogen (secondary N) is 1. The van der Waals surface area contributed by atoms with Gasteiger partial charge in [-0.05, 0) is 37.5 Å². The summed E-state index contributed by atoms with van der Waals surface area (Å²) in [6, 6.07) is 11.6. The Labute approximate surface area is 124 Å². The summed E-state index contributed by atoms with van der Waals surface area (Å²) in [5, 5.41) is 14.1. The number of pyridine rings is 1. The summed E-state index contributed by atoms with van der Waals surface area (Å²) in [5.41, 5.74) is 2.92. The van der Waals surface area contributed by atoms with Crippen molar-refractivity contribution in [2.45, 2.75) is 33.2 Å². The lowest BCUT2D eigenvalue weighted by Crippen LogP contribution is -2.09. The van der Waals surface area contributed by atoms with Gasteiger partial charge in [-0.15, -0.1) is 0 Å². The zero-order chi connectivity index (χ0) is 15.4. The van der Waals surface area contributed by atoms with E-state index in [9.17, 15) is 10.1 Å². The number of nitrogens with zero attached hydrogens (tertiary/aromatic N) is 2. The summed E-state index contributed by atoms with van der Waals surface area (Å²) >= 11 is 0. The van der Waals surface area contributed by atoms with Crippen LogP contribution in [0.25, 0.3) is 0 Å². The maximum absolute atomic E-state index is 10.8. The molecule has 1 aromatic heterocycles. The lowest BCUT2D eigenvalue weighted by Gasteiger charge is -2.15. The molecule has 0 fully saturated rings. The van der Waals surface area contributed by atoms with Crippen molar-refractivity contribution in [1.82, 2.24) is 4.98 Å². The largest absolute Gasteiger partial charge is 0.364 e. The molecule has 2 aromatic rings. The van der Waals surface area contributed by atoms with Crippen molar-refractivity contribution >= 4 is 11.5 Å². The van der Waals surface area contributed by atoms with Crippen molar-refractivity contribution in [2.75, 3.05) is 5.32 Å². The van der Waals surface area contributed by atoms with Crippen LogP contribution in [0.3, 0.4) is 0 Å². The predicted octanol–water partition coefficient (Wildman–Crippen LogP) is 4.03. The molecule has 0 aliphatic carbocycles. The van der Waals surface area contributed by atoms with E-state index in [-0.39, 0.29) is 11.7 Å². The molecule has 0 radical (unpaired) electrons. The molecule has 1 N–H and O–H groups in total. The van der Waals surface area contributed by atoms with Gasteiger partial charge in [-0.1, -0.05) is 31.2 Å². The maximum Gasteiger partial charge on any atom is 0.290 e. The normalized spacial score (nSPS) is 12.0. The van der Waals surface area contributed by atoms with Crippen LogP contribution in [-0.4, -0.2) is 9.91 Å². The molecule has 0 amide bonds. The van der Waals surface area contributed by atoms with E-state index >= 15 is 0 Å². The van der Waals surface area contributed by atoms with Gasteiger partial charge in [-0.2, -0.15) is 0 Å². The van der Waals surface area contributed by atoms with Gasteiger partial charge in [0.1, 0.15) is 11.5 Å². The molecule has 0 spiro atoms. The first-order valence-electron chi connectivity index (χ1n) is 6.98. The summed E-state index contributed by atoms with van der Waals surface area (Å²) in [6.45, 7) is 5.81. The van der Waals surface area contributed by atoms with Crippen LogP contribution in [0.2, 0.25) is 0 Å². The van der Waals surface area contributed by atoms with Gasteiger partial charge in [0.05, 0.1) is 4.92 Å². The summed E-state index contributed by atoms with van der Waals surface area (Å²) in [4.78, 5) is 14.6. The van der Waals surface area contributed by atoms with Crippen LogP contribution >= 0.6 is 0 Å². The lowest BCUT2D eigenvalue weighted by molar-refractivity contribution is -0.385. The third-order valence-electron chi connectivity index (χ3n) is 3.51. The van der Waals surface area contributed by atoms with E-state index in [2.05, 4.69) is 41.5 Å². The standard InChI is InChI=1S/C16H19N3O2/c1-4-13-5-7-14(8-6-13)11(2)17-16-10-9-15(19(20)21)12(3)18-16/h5-11H,4H2,1-3H3,(H,17,18). The summed E-state index contributed by atoms with van der Waals surface area (Å²) < 4.78 is 0. The lowest BCUT2D eigenvalue weighted by atomic mass is 10.1. The Morgan fingerprint density at radius 2 is 1.90 bits per heavy atom. The highest BCUT2D eigenvalue weighted by molar-refractivity contribution is 5.46. The van der Waals surface area contributed by atoms with Gasteiger partial charge in [0.15, 0.2) is 0 Å². The highest BCUT2D eigenvalue weighted by Crippen LogP contribution is 2.22. The quantitative estimate of drug-likeness (QED) is 0.665. The Morgan fingerprint density at radius 3 is 2.43 bits per heavy atom. The summed E-state index contributed by atoms with van der Waals surface area (Å²) in [7, 11) is 0. The van der Waals surface area contributed by atoms with Crippen molar-refractivity contribution < 1.29 is 4.92 Å². The van der Waals surface area contributed by atoms with Gasteiger partial charge in [-0.3, -0.25) is 10.1 Å². The fourth-order valence-electron chi connectivity index (χ4n) is 2.17. The van der Waals surface area contributed by atoms with Crippen LogP contribution in [0.15, 0.2) is 36.4 Å². The molecular formula is C16H19N3O2. The molecule has 0 aliphatic heterocycles. The fourth-order valence-corrected chi connectivity index (χ4v) is 2.17. The molecule has 1 atom stereocenters. The fraction of sp³-hybridized carbons (Fsp3) is 0.312. The number of aryl methyl sites for hydroxylation is 2. The number of aromatic nitrogens is 1. The SMILES string of the molecule is CCc1ccc(C(C)Nc2ccc([N+](=O)[O-])c(C)n2)cc1. The van der Waals surface area contributed by atoms with Gasteiger partial charge in [0.25, 0.3) is 5.69 Å². The molecule has 1 aromatic carbocycles. The highest BCUT2D eigenvalue weighted by atomic mass is 16.6. The summed E-state index contributed by atoms with van der Waals surface area (Å²) in [6.07, 6.45) is 1.02. The van der Waals surface area contributed by atoms with Crippen LogP contribution in [-0.2, 0) is 6.42 Å². The Bertz CT molecular complexity index is 638. The molecule has 5 heteroatoms. The second kappa shape index (κ2) is 6.35. The Kier molecular flexibility index (Phi) is 4.52. The van der Waals surface area contributed by atoms with E-state index < -0.39 is 4.92 Å². The van der Waals surface area contributed by atoms with E-state index in [4.69, 9.17) is 0 Å². The third kappa shape index (κ3) is 3.56. The van der Waals surface area contributed by atoms with E-state index in [1.807, 2.05) is 6.92 Å². The molecule has 1 unspecified atom stereocenters. The van der Waals surface area contributed by atoms with Crippen LogP contribution in [0.1, 0.15) is 36.7 Å². The van der Waals surface area contributed by atoms with Gasteiger partial charge >= 0.3 is 0 Å². The van der Waals surface area contributed by atoms with Crippen molar-refractivity contribution in [3.05, 3.63) is 63.3 Å². The monoisotopic (exact) mass is 285 g/mol. The van der Waals surface area contributed by atoms with Gasteiger partial charge in [-0.25, -0.2) is 4.98 Å². The molecule has 21 heavy (non-hydrogen) atoms. The zero-order valence-electron chi connectivity index (χ0n) is 12.5. The second-order valence-corrected chi connectivity index (χ2v) is 5.02. The Hall–Kier alpha value is -2.43. The van der Waals surface area contributed by atoms with E-state index in [1.54, 1.807) is 13.0 Å². The second-order valence-electron chi connectivity index (χ2n) is 5.02. The molecule has 0 bridgehead atoms. The minimum absolute atomic E-state index is 0.0421. The molecule has 0 aliphatic rings. The minimum Gasteiger partial charge on any atom is -0.364 e. The number of benzene rings is 1. The summed E-state index contributed by atoms with van der Waals surface area (Å²) in [5.74, 6) is 0.644. The number of anilines is 1. The number of hydrogen-bond donors (Lipinski definition) is 1. The highest BCUT2D eigenvalue weighted by Gasteiger charge is 2.13. The van der Waals surface area contributed by atoms with E-state index in [0.717, 1.165) is 12.0 Å². The van der Waals surface area contributed by atoms with Gasteiger partial charge in [0.2, 0.25) is 0 Å². The minimum atomic E-state index is -0.418. The van der Waals surface area contributed by atoms with E-state index in [1.165, 1.54) is 11.6 Å². The molecule has 0 saturated heterocycles. The van der Waals surface area contributed by atoms with Crippen molar-refractivity contribution in [3.63, 3.8) is 0 Å². The topological polar surface area (TPSA) is 68.1 Å². The Balaban J connectivity index is 2.13. The number of nitro groups is 1. The maximum atomic E-state index is 10.8. The van der Waals surface area contributed by atoms with Crippen LogP contribution in [0.5, 0.6) is 0 Å². The first-order chi connectivity index (χ1) is 10.0.